The van der Waals surface area contributed by atoms with Crippen molar-refractivity contribution in [2.45, 2.75) is 0 Å². The van der Waals surface area contributed by atoms with E-state index in [0.29, 0.717) is 0 Å². The summed E-state index contributed by atoms with van der Waals surface area (Å²) in [7, 11) is 0. The minimum absolute atomic E-state index is 0. The largest absolute Gasteiger partial charge is 2.00 e. The molecule has 2 nitrogen and oxygen atoms in total. The maximum absolute atomic E-state index is 10.3. The van der Waals surface area contributed by atoms with E-state index in [1.54, 1.807) is 24.3 Å². The predicted octanol–water partition coefficient (Wildman–Crippen LogP) is 1.14. The van der Waals surface area contributed by atoms with Crippen molar-refractivity contribution < 1.29 is 10.2 Å². The summed E-state index contributed by atoms with van der Waals surface area (Å²) in [5, 5.41) is 20.5. The van der Waals surface area contributed by atoms with Gasteiger partial charge in [-0.25, -0.2) is 0 Å². The van der Waals surface area contributed by atoms with Gasteiger partial charge in [0.25, 0.3) is 0 Å². The molecular formula is C12H10O2Pb. The fourth-order valence-electron chi connectivity index (χ4n) is 0.841. The van der Waals surface area contributed by atoms with Crippen molar-refractivity contribution in [2.75, 3.05) is 0 Å². The summed E-state index contributed by atoms with van der Waals surface area (Å²) >= 11 is 0. The zero-order valence-electron chi connectivity index (χ0n) is 8.09. The van der Waals surface area contributed by atoms with Crippen molar-refractivity contribution in [3.05, 3.63) is 60.7 Å². The summed E-state index contributed by atoms with van der Waals surface area (Å²) in [6.07, 6.45) is 0. The van der Waals surface area contributed by atoms with Crippen molar-refractivity contribution in [1.29, 1.82) is 0 Å². The second-order valence-electron chi connectivity index (χ2n) is 2.63. The molecule has 0 aliphatic rings. The normalized spacial score (nSPS) is 8.00. The number of hydrogen-bond donors (Lipinski definition) is 0. The Kier molecular flexibility index (Phi) is 7.71. The summed E-state index contributed by atoms with van der Waals surface area (Å²) < 4.78 is 0. The second kappa shape index (κ2) is 8.29. The van der Waals surface area contributed by atoms with Gasteiger partial charge in [0, 0.05) is 0 Å². The van der Waals surface area contributed by atoms with Gasteiger partial charge in [-0.2, -0.15) is 0 Å². The van der Waals surface area contributed by atoms with E-state index in [9.17, 15) is 10.2 Å². The number of benzene rings is 2. The maximum atomic E-state index is 10.3. The molecule has 2 aromatic carbocycles. The first-order valence-electron chi connectivity index (χ1n) is 4.23. The zero-order chi connectivity index (χ0) is 10.2. The van der Waals surface area contributed by atoms with Gasteiger partial charge >= 0.3 is 27.3 Å². The third-order valence-corrected chi connectivity index (χ3v) is 1.49. The molecular weight excluding hydrogens is 383 g/mol. The number of rotatable bonds is 0. The van der Waals surface area contributed by atoms with Gasteiger partial charge in [0.1, 0.15) is 0 Å². The van der Waals surface area contributed by atoms with Gasteiger partial charge in [0.2, 0.25) is 0 Å². The van der Waals surface area contributed by atoms with Crippen LogP contribution in [0, 0.1) is 0 Å². The van der Waals surface area contributed by atoms with Gasteiger partial charge in [-0.1, -0.05) is 60.7 Å². The van der Waals surface area contributed by atoms with Gasteiger partial charge in [-0.15, -0.1) is 11.5 Å². The summed E-state index contributed by atoms with van der Waals surface area (Å²) in [4.78, 5) is 0. The topological polar surface area (TPSA) is 46.1 Å². The molecule has 0 saturated heterocycles. The van der Waals surface area contributed by atoms with Crippen LogP contribution in [0.15, 0.2) is 60.7 Å². The maximum Gasteiger partial charge on any atom is 2.00 e. The van der Waals surface area contributed by atoms with Crippen LogP contribution >= 0.6 is 0 Å². The van der Waals surface area contributed by atoms with Crippen LogP contribution < -0.4 is 10.2 Å². The van der Waals surface area contributed by atoms with E-state index < -0.39 is 0 Å². The molecule has 2 aromatic rings. The van der Waals surface area contributed by atoms with Crippen LogP contribution in [0.2, 0.25) is 0 Å². The summed E-state index contributed by atoms with van der Waals surface area (Å²) in [5.74, 6) is 0.144. The van der Waals surface area contributed by atoms with Crippen LogP contribution in [0.3, 0.4) is 0 Å². The molecule has 0 bridgehead atoms. The smallest absolute Gasteiger partial charge is 0.872 e. The van der Waals surface area contributed by atoms with E-state index in [-0.39, 0.29) is 38.8 Å². The van der Waals surface area contributed by atoms with E-state index in [2.05, 4.69) is 0 Å². The Balaban J connectivity index is 0.000000245. The third-order valence-electron chi connectivity index (χ3n) is 1.49. The van der Waals surface area contributed by atoms with Gasteiger partial charge in [-0.05, 0) is 0 Å². The van der Waals surface area contributed by atoms with Crippen LogP contribution in [0.25, 0.3) is 0 Å². The van der Waals surface area contributed by atoms with Crippen molar-refractivity contribution in [3.63, 3.8) is 0 Å². The van der Waals surface area contributed by atoms with Crippen molar-refractivity contribution in [2.24, 2.45) is 0 Å². The molecule has 0 saturated carbocycles. The van der Waals surface area contributed by atoms with Crippen molar-refractivity contribution in [1.82, 2.24) is 0 Å². The predicted molar refractivity (Wildman–Crippen MR) is 57.5 cm³/mol. The first-order chi connectivity index (χ1) is 6.79. The summed E-state index contributed by atoms with van der Waals surface area (Å²) in [6, 6.07) is 16.7. The van der Waals surface area contributed by atoms with Gasteiger partial charge < -0.3 is 10.2 Å². The molecule has 0 N–H and O–H groups in total. The molecule has 0 atom stereocenters. The molecule has 0 aromatic heterocycles. The SMILES string of the molecule is [O-]c1ccccc1.[O-]c1ccccc1.[Pb+2]. The Morgan fingerprint density at radius 2 is 0.800 bits per heavy atom. The number of para-hydroxylation sites is 2. The molecule has 74 valence electrons. The Morgan fingerprint density at radius 1 is 0.533 bits per heavy atom. The first kappa shape index (κ1) is 14.0. The van der Waals surface area contributed by atoms with Gasteiger partial charge in [0.15, 0.2) is 0 Å². The minimum Gasteiger partial charge on any atom is -0.872 e. The second-order valence-corrected chi connectivity index (χ2v) is 2.63. The molecule has 2 rings (SSSR count). The van der Waals surface area contributed by atoms with E-state index in [1.165, 1.54) is 24.3 Å². The Morgan fingerprint density at radius 3 is 0.933 bits per heavy atom. The molecule has 0 fully saturated rings. The van der Waals surface area contributed by atoms with Crippen LogP contribution in [-0.4, -0.2) is 27.3 Å². The Labute approximate surface area is 109 Å². The summed E-state index contributed by atoms with van der Waals surface area (Å²) in [6.45, 7) is 0. The van der Waals surface area contributed by atoms with Crippen molar-refractivity contribution in [3.8, 4) is 11.5 Å². The molecule has 0 aliphatic carbocycles. The average molecular weight is 393 g/mol. The van der Waals surface area contributed by atoms with Crippen LogP contribution in [0.5, 0.6) is 11.5 Å². The minimum atomic E-state index is 0. The van der Waals surface area contributed by atoms with Gasteiger partial charge in [-0.3, -0.25) is 0 Å². The standard InChI is InChI=1S/2C6H6O.Pb/c2*7-6-4-2-1-3-5-6;/h2*1-5,7H;/q;;+2/p-2. The van der Waals surface area contributed by atoms with Crippen molar-refractivity contribution >= 4 is 27.3 Å². The molecule has 0 heterocycles. The zero-order valence-corrected chi connectivity index (χ0v) is 12.0. The summed E-state index contributed by atoms with van der Waals surface area (Å²) in [5.41, 5.74) is 0. The number of hydrogen-bond acceptors (Lipinski definition) is 2. The van der Waals surface area contributed by atoms with Crippen LogP contribution in [0.1, 0.15) is 0 Å². The fourth-order valence-corrected chi connectivity index (χ4v) is 0.841. The molecule has 0 unspecified atom stereocenters. The van der Waals surface area contributed by atoms with Gasteiger partial charge in [0.05, 0.1) is 0 Å². The van der Waals surface area contributed by atoms with Crippen LogP contribution in [0.4, 0.5) is 0 Å². The van der Waals surface area contributed by atoms with Crippen LogP contribution in [-0.2, 0) is 0 Å². The average Bonchev–Trinajstić information content (AvgIpc) is 2.21. The quantitative estimate of drug-likeness (QED) is 0.631. The first-order valence-corrected chi connectivity index (χ1v) is 4.23. The Bertz CT molecular complexity index is 311. The third kappa shape index (κ3) is 6.96. The van der Waals surface area contributed by atoms with E-state index in [4.69, 9.17) is 0 Å². The molecule has 3 heteroatoms. The fraction of sp³-hybridized carbons (Fsp3) is 0. The molecule has 2 radical (unpaired) electrons. The molecule has 15 heavy (non-hydrogen) atoms. The molecule has 0 spiro atoms. The Hall–Kier alpha value is -1.04. The molecule has 0 amide bonds. The van der Waals surface area contributed by atoms with E-state index in [0.717, 1.165) is 0 Å². The van der Waals surface area contributed by atoms with E-state index >= 15 is 0 Å². The molecule has 0 aliphatic heterocycles. The monoisotopic (exact) mass is 394 g/mol. The van der Waals surface area contributed by atoms with E-state index in [1.807, 2.05) is 12.1 Å².